The normalized spacial score (nSPS) is 12.3. The van der Waals surface area contributed by atoms with Gasteiger partial charge in [-0.2, -0.15) is 13.2 Å². The zero-order chi connectivity index (χ0) is 19.1. The van der Waals surface area contributed by atoms with Gasteiger partial charge in [0.2, 0.25) is 0 Å². The minimum absolute atomic E-state index is 0.121. The van der Waals surface area contributed by atoms with Crippen LogP contribution in [0.5, 0.6) is 0 Å². The molecule has 0 N–H and O–H groups in total. The van der Waals surface area contributed by atoms with Gasteiger partial charge in [0.15, 0.2) is 0 Å². The van der Waals surface area contributed by atoms with Gasteiger partial charge in [0, 0.05) is 5.69 Å². The summed E-state index contributed by atoms with van der Waals surface area (Å²) < 4.78 is 65.5. The number of alkyl halides is 3. The maximum absolute atomic E-state index is 13.0. The summed E-state index contributed by atoms with van der Waals surface area (Å²) in [6.07, 6.45) is -4.44. The molecule has 136 valence electrons. The number of hydrogen-bond donors (Lipinski definition) is 0. The molecule has 0 atom stereocenters. The zero-order valence-electron chi connectivity index (χ0n) is 14.1. The van der Waals surface area contributed by atoms with Crippen LogP contribution in [0.25, 0.3) is 11.3 Å². The van der Waals surface area contributed by atoms with Crippen LogP contribution in [0.3, 0.4) is 0 Å². The van der Waals surface area contributed by atoms with E-state index < -0.39 is 21.8 Å². The molecule has 0 saturated carbocycles. The van der Waals surface area contributed by atoms with Crippen molar-refractivity contribution in [3.05, 3.63) is 77.5 Å². The fraction of sp³-hybridized carbons (Fsp3) is 0.158. The number of hydrogen-bond acceptors (Lipinski definition) is 2. The second-order valence-electron chi connectivity index (χ2n) is 6.02. The molecule has 0 unspecified atom stereocenters. The first kappa shape index (κ1) is 18.3. The van der Waals surface area contributed by atoms with Gasteiger partial charge in [-0.1, -0.05) is 29.8 Å². The predicted molar refractivity (Wildman–Crippen MR) is 93.4 cm³/mol. The van der Waals surface area contributed by atoms with Gasteiger partial charge in [-0.3, -0.25) is 0 Å². The van der Waals surface area contributed by atoms with Crippen molar-refractivity contribution in [3.63, 3.8) is 0 Å². The van der Waals surface area contributed by atoms with Gasteiger partial charge < -0.3 is 0 Å². The predicted octanol–water partition coefficient (Wildman–Crippen LogP) is 5.03. The number of aromatic nitrogens is 1. The van der Waals surface area contributed by atoms with Crippen LogP contribution in [0.2, 0.25) is 0 Å². The van der Waals surface area contributed by atoms with Crippen LogP contribution in [0.4, 0.5) is 13.2 Å². The molecular weight excluding hydrogens is 363 g/mol. The first-order valence-corrected chi connectivity index (χ1v) is 9.23. The highest BCUT2D eigenvalue weighted by molar-refractivity contribution is 7.90. The molecule has 3 rings (SSSR count). The molecule has 0 aliphatic heterocycles. The molecule has 0 bridgehead atoms. The smallest absolute Gasteiger partial charge is 0.238 e. The summed E-state index contributed by atoms with van der Waals surface area (Å²) in [4.78, 5) is 0.121. The Hall–Kier alpha value is -2.54. The van der Waals surface area contributed by atoms with E-state index in [1.54, 1.807) is 31.2 Å². The average Bonchev–Trinajstić information content (AvgIpc) is 2.97. The Morgan fingerprint density at radius 3 is 1.92 bits per heavy atom. The molecular formula is C19H16F3NO2S. The Balaban J connectivity index is 2.11. The van der Waals surface area contributed by atoms with Crippen molar-refractivity contribution < 1.29 is 21.6 Å². The molecule has 0 saturated heterocycles. The van der Waals surface area contributed by atoms with Crippen LogP contribution in [-0.2, 0) is 16.2 Å². The molecule has 2 aromatic carbocycles. The second-order valence-corrected chi connectivity index (χ2v) is 7.80. The van der Waals surface area contributed by atoms with Crippen molar-refractivity contribution in [1.82, 2.24) is 3.97 Å². The second kappa shape index (κ2) is 6.32. The monoisotopic (exact) mass is 379 g/mol. The molecule has 0 amide bonds. The third-order valence-corrected chi connectivity index (χ3v) is 5.92. The Bertz CT molecular complexity index is 1030. The van der Waals surface area contributed by atoms with Crippen molar-refractivity contribution in [2.75, 3.05) is 0 Å². The van der Waals surface area contributed by atoms with E-state index in [1.165, 1.54) is 24.3 Å². The molecule has 7 heteroatoms. The largest absolute Gasteiger partial charge is 0.416 e. The van der Waals surface area contributed by atoms with E-state index in [1.807, 2.05) is 6.92 Å². The fourth-order valence-corrected chi connectivity index (χ4v) is 4.26. The summed E-state index contributed by atoms with van der Waals surface area (Å²) >= 11 is 0. The van der Waals surface area contributed by atoms with E-state index in [0.717, 1.165) is 21.7 Å². The Labute approximate surface area is 149 Å². The highest BCUT2D eigenvalue weighted by Gasteiger charge is 2.30. The molecule has 0 fully saturated rings. The lowest BCUT2D eigenvalue weighted by Crippen LogP contribution is -2.15. The maximum atomic E-state index is 13.0. The van der Waals surface area contributed by atoms with Gasteiger partial charge in [0.05, 0.1) is 16.2 Å². The molecule has 1 aromatic heterocycles. The summed E-state index contributed by atoms with van der Waals surface area (Å²) in [5.41, 5.74) is 1.33. The third-order valence-electron chi connectivity index (χ3n) is 4.09. The standard InChI is InChI=1S/C19H16F3NO2S/c1-13-3-10-17(11-4-13)26(24,25)23-14(2)5-12-18(23)15-6-8-16(9-7-15)19(20,21)22/h3-12H,1-2H3. The molecule has 0 radical (unpaired) electrons. The van der Waals surface area contributed by atoms with Gasteiger partial charge in [0.25, 0.3) is 10.0 Å². The van der Waals surface area contributed by atoms with Crippen LogP contribution in [0.1, 0.15) is 16.8 Å². The van der Waals surface area contributed by atoms with Gasteiger partial charge in [-0.15, -0.1) is 0 Å². The lowest BCUT2D eigenvalue weighted by Gasteiger charge is -2.14. The molecule has 0 spiro atoms. The van der Waals surface area contributed by atoms with Gasteiger partial charge in [0.1, 0.15) is 0 Å². The van der Waals surface area contributed by atoms with Crippen molar-refractivity contribution in [1.29, 1.82) is 0 Å². The maximum Gasteiger partial charge on any atom is 0.416 e. The van der Waals surface area contributed by atoms with E-state index in [0.29, 0.717) is 17.0 Å². The van der Waals surface area contributed by atoms with Crippen LogP contribution >= 0.6 is 0 Å². The summed E-state index contributed by atoms with van der Waals surface area (Å²) in [7, 11) is -3.87. The first-order chi connectivity index (χ1) is 12.1. The fourth-order valence-electron chi connectivity index (χ4n) is 2.70. The number of rotatable bonds is 3. The number of aryl methyl sites for hydroxylation is 2. The zero-order valence-corrected chi connectivity index (χ0v) is 14.9. The summed E-state index contributed by atoms with van der Waals surface area (Å²) in [5.74, 6) is 0. The van der Waals surface area contributed by atoms with E-state index in [2.05, 4.69) is 0 Å². The van der Waals surface area contributed by atoms with Crippen LogP contribution in [-0.4, -0.2) is 12.4 Å². The summed E-state index contributed by atoms with van der Waals surface area (Å²) in [6, 6.07) is 14.1. The molecule has 26 heavy (non-hydrogen) atoms. The number of halogens is 3. The Morgan fingerprint density at radius 2 is 1.38 bits per heavy atom. The van der Waals surface area contributed by atoms with Crippen molar-refractivity contribution in [3.8, 4) is 11.3 Å². The third kappa shape index (κ3) is 3.26. The van der Waals surface area contributed by atoms with E-state index in [4.69, 9.17) is 0 Å². The Kier molecular flexibility index (Phi) is 4.44. The highest BCUT2D eigenvalue weighted by atomic mass is 32.2. The van der Waals surface area contributed by atoms with Gasteiger partial charge in [-0.05, 0) is 55.8 Å². The average molecular weight is 379 g/mol. The Morgan fingerprint density at radius 1 is 0.808 bits per heavy atom. The van der Waals surface area contributed by atoms with E-state index in [-0.39, 0.29) is 4.90 Å². The minimum atomic E-state index is -4.44. The first-order valence-electron chi connectivity index (χ1n) is 7.79. The number of benzene rings is 2. The molecule has 0 aliphatic rings. The van der Waals surface area contributed by atoms with Gasteiger partial charge in [-0.25, -0.2) is 12.4 Å². The highest BCUT2D eigenvalue weighted by Crippen LogP contribution is 2.32. The van der Waals surface area contributed by atoms with E-state index >= 15 is 0 Å². The lowest BCUT2D eigenvalue weighted by atomic mass is 10.1. The number of nitrogens with zero attached hydrogens (tertiary/aromatic N) is 1. The molecule has 0 aliphatic carbocycles. The van der Waals surface area contributed by atoms with Crippen LogP contribution in [0, 0.1) is 13.8 Å². The SMILES string of the molecule is Cc1ccc(S(=O)(=O)n2c(C)ccc2-c2ccc(C(F)(F)F)cc2)cc1. The van der Waals surface area contributed by atoms with Crippen molar-refractivity contribution in [2.45, 2.75) is 24.9 Å². The molecule has 3 aromatic rings. The molecule has 1 heterocycles. The summed E-state index contributed by atoms with van der Waals surface area (Å²) in [6.45, 7) is 3.49. The topological polar surface area (TPSA) is 39.1 Å². The van der Waals surface area contributed by atoms with Crippen molar-refractivity contribution >= 4 is 10.0 Å². The van der Waals surface area contributed by atoms with Crippen LogP contribution < -0.4 is 0 Å². The minimum Gasteiger partial charge on any atom is -0.238 e. The van der Waals surface area contributed by atoms with Crippen LogP contribution in [0.15, 0.2) is 65.6 Å². The van der Waals surface area contributed by atoms with Crippen molar-refractivity contribution in [2.24, 2.45) is 0 Å². The lowest BCUT2D eigenvalue weighted by molar-refractivity contribution is -0.137. The summed E-state index contributed by atoms with van der Waals surface area (Å²) in [5, 5.41) is 0. The van der Waals surface area contributed by atoms with E-state index in [9.17, 15) is 21.6 Å². The molecule has 3 nitrogen and oxygen atoms in total. The quantitative estimate of drug-likeness (QED) is 0.640. The van der Waals surface area contributed by atoms with Gasteiger partial charge >= 0.3 is 6.18 Å².